The lowest BCUT2D eigenvalue weighted by molar-refractivity contribution is -0.127. The van der Waals surface area contributed by atoms with Gasteiger partial charge in [-0.1, -0.05) is 36.0 Å². The van der Waals surface area contributed by atoms with Crippen molar-refractivity contribution in [3.8, 4) is 5.75 Å². The van der Waals surface area contributed by atoms with Gasteiger partial charge in [0.2, 0.25) is 11.1 Å². The van der Waals surface area contributed by atoms with Crippen molar-refractivity contribution in [3.63, 3.8) is 0 Å². The molecule has 0 spiro atoms. The number of aromatic nitrogens is 3. The summed E-state index contributed by atoms with van der Waals surface area (Å²) in [5.74, 6) is 8.28. The Morgan fingerprint density at radius 3 is 2.81 bits per heavy atom. The van der Waals surface area contributed by atoms with Gasteiger partial charge in [0.05, 0.1) is 18.6 Å². The minimum Gasteiger partial charge on any atom is -0.486 e. The van der Waals surface area contributed by atoms with E-state index < -0.39 is 0 Å². The summed E-state index contributed by atoms with van der Waals surface area (Å²) in [6, 6.07) is 13.1. The maximum absolute atomic E-state index is 13.1. The summed E-state index contributed by atoms with van der Waals surface area (Å²) in [5, 5.41) is 8.68. The highest BCUT2D eigenvalue weighted by molar-refractivity contribution is 7.99. The first-order valence-corrected chi connectivity index (χ1v) is 11.2. The molecule has 1 amide bonds. The molecule has 1 aliphatic rings. The van der Waals surface area contributed by atoms with Crippen LogP contribution in [0.15, 0.2) is 70.1 Å². The van der Waals surface area contributed by atoms with E-state index in [9.17, 15) is 4.79 Å². The summed E-state index contributed by atoms with van der Waals surface area (Å²) in [6.45, 7) is 0.614. The summed E-state index contributed by atoms with van der Waals surface area (Å²) in [7, 11) is 0. The van der Waals surface area contributed by atoms with E-state index in [1.54, 1.807) is 6.26 Å². The Kier molecular flexibility index (Phi) is 6.93. The van der Waals surface area contributed by atoms with Crippen molar-refractivity contribution in [1.29, 1.82) is 0 Å². The Morgan fingerprint density at radius 2 is 2.06 bits per heavy atom. The van der Waals surface area contributed by atoms with Crippen molar-refractivity contribution in [2.75, 3.05) is 11.6 Å². The molecule has 1 aromatic carbocycles. The van der Waals surface area contributed by atoms with Gasteiger partial charge in [0, 0.05) is 5.70 Å². The average molecular weight is 440 g/mol. The molecule has 0 atom stereocenters. The van der Waals surface area contributed by atoms with Crippen LogP contribution in [0.3, 0.4) is 0 Å². The van der Waals surface area contributed by atoms with Crippen molar-refractivity contribution in [2.45, 2.75) is 44.0 Å². The molecule has 2 N–H and O–H groups in total. The maximum Gasteiger partial charge on any atom is 0.237 e. The number of nitrogens with two attached hydrogens (primary N) is 1. The van der Waals surface area contributed by atoms with E-state index in [0.717, 1.165) is 42.9 Å². The van der Waals surface area contributed by atoms with Crippen LogP contribution in [0, 0.1) is 0 Å². The van der Waals surface area contributed by atoms with Gasteiger partial charge in [-0.3, -0.25) is 4.79 Å². The number of amides is 1. The number of nitrogens with zero attached hydrogens (tertiary/aromatic N) is 4. The van der Waals surface area contributed by atoms with Crippen LogP contribution in [0.1, 0.15) is 37.3 Å². The van der Waals surface area contributed by atoms with Gasteiger partial charge < -0.3 is 19.9 Å². The molecule has 3 aromatic rings. The Labute approximate surface area is 185 Å². The molecule has 0 fully saturated rings. The number of hydrogen-bond acceptors (Lipinski definition) is 7. The number of ether oxygens (including phenoxy) is 1. The second-order valence-corrected chi connectivity index (χ2v) is 8.10. The Balaban J connectivity index is 1.38. The van der Waals surface area contributed by atoms with Crippen LogP contribution in [-0.4, -0.2) is 31.4 Å². The lowest BCUT2D eigenvalue weighted by Gasteiger charge is -2.27. The molecule has 0 radical (unpaired) electrons. The molecule has 0 bridgehead atoms. The van der Waals surface area contributed by atoms with Gasteiger partial charge in [0.25, 0.3) is 0 Å². The zero-order chi connectivity index (χ0) is 21.5. The second-order valence-electron chi connectivity index (χ2n) is 7.16. The third-order valence-corrected chi connectivity index (χ3v) is 5.91. The van der Waals surface area contributed by atoms with Gasteiger partial charge in [0.15, 0.2) is 5.82 Å². The summed E-state index contributed by atoms with van der Waals surface area (Å²) in [6.07, 6.45) is 7.91. The first kappa shape index (κ1) is 21.0. The number of hydrogen-bond donors (Lipinski definition) is 1. The van der Waals surface area contributed by atoms with E-state index in [4.69, 9.17) is 15.0 Å². The predicted molar refractivity (Wildman–Crippen MR) is 117 cm³/mol. The number of rotatable bonds is 9. The van der Waals surface area contributed by atoms with E-state index in [2.05, 4.69) is 16.3 Å². The third kappa shape index (κ3) is 5.49. The first-order chi connectivity index (χ1) is 15.2. The minimum atomic E-state index is -0.0142. The molecular weight excluding hydrogens is 414 g/mol. The van der Waals surface area contributed by atoms with Gasteiger partial charge in [-0.05, 0) is 49.9 Å². The largest absolute Gasteiger partial charge is 0.486 e. The zero-order valence-electron chi connectivity index (χ0n) is 17.1. The van der Waals surface area contributed by atoms with E-state index in [1.165, 1.54) is 16.4 Å². The predicted octanol–water partition coefficient (Wildman–Crippen LogP) is 3.74. The molecule has 8 nitrogen and oxygen atoms in total. The quantitative estimate of drug-likeness (QED) is 0.400. The number of para-hydroxylation sites is 1. The molecule has 1 aliphatic carbocycles. The molecule has 0 aliphatic heterocycles. The molecular formula is C22H25N5O3S. The van der Waals surface area contributed by atoms with Crippen molar-refractivity contribution in [3.05, 3.63) is 72.1 Å². The van der Waals surface area contributed by atoms with E-state index >= 15 is 0 Å². The maximum atomic E-state index is 13.1. The van der Waals surface area contributed by atoms with E-state index in [-0.39, 0.29) is 18.3 Å². The molecule has 0 saturated heterocycles. The molecule has 4 rings (SSSR count). The third-order valence-electron chi connectivity index (χ3n) is 4.98. The van der Waals surface area contributed by atoms with Gasteiger partial charge in [-0.2, -0.15) is 0 Å². The molecule has 0 saturated carbocycles. The molecule has 9 heteroatoms. The SMILES string of the molecule is Nn1c(COc2ccccc2)nnc1SCC(=O)N(Cc1ccco1)C1=CCCCC1. The fraction of sp³-hybridized carbons (Fsp3) is 0.318. The standard InChI is InChI=1S/C22H25N5O3S/c23-27-20(15-30-18-10-5-2-6-11-18)24-25-22(27)31-16-21(28)26(14-19-12-7-13-29-19)17-8-3-1-4-9-17/h2,5-8,10-13H,1,3-4,9,14-16,23H2. The normalized spacial score (nSPS) is 13.6. The van der Waals surface area contributed by atoms with Gasteiger partial charge in [-0.15, -0.1) is 10.2 Å². The van der Waals surface area contributed by atoms with Crippen LogP contribution in [-0.2, 0) is 17.9 Å². The summed E-state index contributed by atoms with van der Waals surface area (Å²) >= 11 is 1.26. The molecule has 2 heterocycles. The number of thioether (sulfide) groups is 1. The van der Waals surface area contributed by atoms with Crippen LogP contribution in [0.2, 0.25) is 0 Å². The Hall–Kier alpha value is -3.20. The molecule has 2 aromatic heterocycles. The smallest absolute Gasteiger partial charge is 0.237 e. The summed E-state index contributed by atoms with van der Waals surface area (Å²) in [4.78, 5) is 14.9. The minimum absolute atomic E-state index is 0.0142. The average Bonchev–Trinajstić information content (AvgIpc) is 3.45. The van der Waals surface area contributed by atoms with Crippen molar-refractivity contribution < 1.29 is 13.9 Å². The van der Waals surface area contributed by atoms with Gasteiger partial charge in [0.1, 0.15) is 18.1 Å². The zero-order valence-corrected chi connectivity index (χ0v) is 18.0. The van der Waals surface area contributed by atoms with Crippen LogP contribution in [0.4, 0.5) is 0 Å². The van der Waals surface area contributed by atoms with Crippen LogP contribution in [0.25, 0.3) is 0 Å². The van der Waals surface area contributed by atoms with Crippen LogP contribution < -0.4 is 10.6 Å². The van der Waals surface area contributed by atoms with Crippen LogP contribution >= 0.6 is 11.8 Å². The number of carbonyl (C=O) groups excluding carboxylic acids is 1. The molecule has 0 unspecified atom stereocenters. The number of benzene rings is 1. The summed E-state index contributed by atoms with van der Waals surface area (Å²) < 4.78 is 12.5. The van der Waals surface area contributed by atoms with Gasteiger partial charge in [-0.25, -0.2) is 4.68 Å². The number of carbonyl (C=O) groups is 1. The monoisotopic (exact) mass is 439 g/mol. The number of furan rings is 1. The van der Waals surface area contributed by atoms with Crippen LogP contribution in [0.5, 0.6) is 5.75 Å². The molecule has 162 valence electrons. The highest BCUT2D eigenvalue weighted by Gasteiger charge is 2.22. The topological polar surface area (TPSA) is 99.4 Å². The Morgan fingerprint density at radius 1 is 1.19 bits per heavy atom. The Bertz CT molecular complexity index is 1020. The lowest BCUT2D eigenvalue weighted by Crippen LogP contribution is -2.32. The van der Waals surface area contributed by atoms with Crippen molar-refractivity contribution >= 4 is 17.7 Å². The van der Waals surface area contributed by atoms with Gasteiger partial charge >= 0.3 is 0 Å². The fourth-order valence-electron chi connectivity index (χ4n) is 3.35. The van der Waals surface area contributed by atoms with Crippen molar-refractivity contribution in [1.82, 2.24) is 19.8 Å². The lowest BCUT2D eigenvalue weighted by atomic mass is 10.0. The first-order valence-electron chi connectivity index (χ1n) is 10.2. The number of allylic oxidation sites excluding steroid dienone is 2. The van der Waals surface area contributed by atoms with E-state index in [0.29, 0.717) is 17.5 Å². The number of nitrogen functional groups attached to an aromatic ring is 1. The fourth-order valence-corrected chi connectivity index (χ4v) is 4.10. The second kappa shape index (κ2) is 10.2. The van der Waals surface area contributed by atoms with Crippen molar-refractivity contribution in [2.24, 2.45) is 0 Å². The highest BCUT2D eigenvalue weighted by atomic mass is 32.2. The van der Waals surface area contributed by atoms with E-state index in [1.807, 2.05) is 47.4 Å². The molecule has 31 heavy (non-hydrogen) atoms. The highest BCUT2D eigenvalue weighted by Crippen LogP contribution is 2.25. The summed E-state index contributed by atoms with van der Waals surface area (Å²) in [5.41, 5.74) is 1.06.